The van der Waals surface area contributed by atoms with Gasteiger partial charge in [0.2, 0.25) is 0 Å². The maximum absolute atomic E-state index is 13.3. The van der Waals surface area contributed by atoms with Gasteiger partial charge in [-0.05, 0) is 42.2 Å². The lowest BCUT2D eigenvalue weighted by molar-refractivity contribution is 0.618. The van der Waals surface area contributed by atoms with Gasteiger partial charge in [0.1, 0.15) is 5.82 Å². The molecule has 0 aliphatic carbocycles. The summed E-state index contributed by atoms with van der Waals surface area (Å²) in [6, 6.07) is 5.02. The van der Waals surface area contributed by atoms with Crippen LogP contribution in [-0.2, 0) is 13.0 Å². The van der Waals surface area contributed by atoms with Crippen LogP contribution in [0, 0.1) is 5.82 Å². The Bertz CT molecular complexity index is 533. The molecular formula is C14H17BrFN3. The molecular weight excluding hydrogens is 309 g/mol. The van der Waals surface area contributed by atoms with E-state index in [1.54, 1.807) is 4.68 Å². The highest BCUT2D eigenvalue weighted by Gasteiger charge is 2.05. The average Bonchev–Trinajstić information content (AvgIpc) is 2.74. The first-order valence-corrected chi connectivity index (χ1v) is 7.08. The van der Waals surface area contributed by atoms with Crippen molar-refractivity contribution in [2.24, 2.45) is 5.73 Å². The van der Waals surface area contributed by atoms with Crippen LogP contribution in [0.2, 0.25) is 0 Å². The van der Waals surface area contributed by atoms with Gasteiger partial charge in [0.05, 0.1) is 12.7 Å². The Morgan fingerprint density at radius 2 is 2.16 bits per heavy atom. The number of halogens is 2. The number of hydrogen-bond acceptors (Lipinski definition) is 2. The van der Waals surface area contributed by atoms with Crippen LogP contribution in [0.25, 0.3) is 0 Å². The van der Waals surface area contributed by atoms with Gasteiger partial charge in [-0.25, -0.2) is 4.39 Å². The number of nitrogens with two attached hydrogens (primary N) is 1. The molecule has 0 saturated heterocycles. The molecule has 3 nitrogen and oxygen atoms in total. The van der Waals surface area contributed by atoms with Gasteiger partial charge in [0.15, 0.2) is 0 Å². The van der Waals surface area contributed by atoms with Gasteiger partial charge in [-0.3, -0.25) is 4.68 Å². The maximum Gasteiger partial charge on any atom is 0.124 e. The average molecular weight is 326 g/mol. The molecule has 19 heavy (non-hydrogen) atoms. The molecule has 0 amide bonds. The van der Waals surface area contributed by atoms with Crippen LogP contribution in [0.3, 0.4) is 0 Å². The second-order valence-electron chi connectivity index (χ2n) is 4.70. The lowest BCUT2D eigenvalue weighted by Gasteiger charge is -2.05. The zero-order chi connectivity index (χ0) is 13.8. The van der Waals surface area contributed by atoms with Crippen molar-refractivity contribution in [2.75, 3.05) is 0 Å². The summed E-state index contributed by atoms with van der Waals surface area (Å²) in [4.78, 5) is 0. The van der Waals surface area contributed by atoms with Gasteiger partial charge >= 0.3 is 0 Å². The molecule has 1 heterocycles. The lowest BCUT2D eigenvalue weighted by atomic mass is 10.1. The van der Waals surface area contributed by atoms with Crippen molar-refractivity contribution in [1.82, 2.24) is 9.78 Å². The number of aromatic nitrogens is 2. The van der Waals surface area contributed by atoms with Gasteiger partial charge in [0.25, 0.3) is 0 Å². The highest BCUT2D eigenvalue weighted by molar-refractivity contribution is 9.10. The van der Waals surface area contributed by atoms with E-state index in [-0.39, 0.29) is 11.9 Å². The second kappa shape index (κ2) is 6.30. The predicted octanol–water partition coefficient (Wildman–Crippen LogP) is 3.11. The fourth-order valence-corrected chi connectivity index (χ4v) is 2.45. The van der Waals surface area contributed by atoms with Crippen LogP contribution in [0.1, 0.15) is 24.5 Å². The standard InChI is InChI=1S/C14H17BrFN3/c1-2-14(17)5-11-7-18-19(9-11)8-10-3-12(15)6-13(16)4-10/h3-4,6-7,9,14H,2,5,8,17H2,1H3. The van der Waals surface area contributed by atoms with Gasteiger partial charge in [-0.15, -0.1) is 0 Å². The molecule has 0 aliphatic heterocycles. The largest absolute Gasteiger partial charge is 0.327 e. The van der Waals surface area contributed by atoms with Crippen molar-refractivity contribution in [2.45, 2.75) is 32.4 Å². The summed E-state index contributed by atoms with van der Waals surface area (Å²) in [7, 11) is 0. The molecule has 2 rings (SSSR count). The van der Waals surface area contributed by atoms with Crippen LogP contribution >= 0.6 is 15.9 Å². The molecule has 1 aromatic carbocycles. The van der Waals surface area contributed by atoms with Crippen LogP contribution in [0.4, 0.5) is 4.39 Å². The summed E-state index contributed by atoms with van der Waals surface area (Å²) >= 11 is 3.29. The SMILES string of the molecule is CCC(N)Cc1cnn(Cc2cc(F)cc(Br)c2)c1. The van der Waals surface area contributed by atoms with Crippen molar-refractivity contribution >= 4 is 15.9 Å². The summed E-state index contributed by atoms with van der Waals surface area (Å²) in [6.45, 7) is 2.62. The summed E-state index contributed by atoms with van der Waals surface area (Å²) in [5.74, 6) is -0.246. The Morgan fingerprint density at radius 3 is 2.84 bits per heavy atom. The van der Waals surface area contributed by atoms with Crippen molar-refractivity contribution in [3.8, 4) is 0 Å². The quantitative estimate of drug-likeness (QED) is 0.917. The Kier molecular flexibility index (Phi) is 4.71. The highest BCUT2D eigenvalue weighted by Crippen LogP contribution is 2.16. The van der Waals surface area contributed by atoms with Crippen molar-refractivity contribution in [3.63, 3.8) is 0 Å². The molecule has 0 spiro atoms. The van der Waals surface area contributed by atoms with E-state index in [2.05, 4.69) is 28.0 Å². The van der Waals surface area contributed by atoms with E-state index in [0.717, 1.165) is 28.4 Å². The predicted molar refractivity (Wildman–Crippen MR) is 77.4 cm³/mol. The third-order valence-electron chi connectivity index (χ3n) is 2.98. The molecule has 5 heteroatoms. The summed E-state index contributed by atoms with van der Waals surface area (Å²) in [5, 5.41) is 4.28. The molecule has 102 valence electrons. The molecule has 2 N–H and O–H groups in total. The minimum atomic E-state index is -0.246. The van der Waals surface area contributed by atoms with Crippen LogP contribution in [0.15, 0.2) is 35.1 Å². The zero-order valence-corrected chi connectivity index (χ0v) is 12.4. The van der Waals surface area contributed by atoms with Gasteiger partial charge in [-0.1, -0.05) is 22.9 Å². The summed E-state index contributed by atoms with van der Waals surface area (Å²) in [5.41, 5.74) is 7.91. The van der Waals surface area contributed by atoms with Gasteiger partial charge in [-0.2, -0.15) is 5.10 Å². The van der Waals surface area contributed by atoms with Crippen LogP contribution in [-0.4, -0.2) is 15.8 Å². The van der Waals surface area contributed by atoms with E-state index in [0.29, 0.717) is 6.54 Å². The van der Waals surface area contributed by atoms with Crippen molar-refractivity contribution in [1.29, 1.82) is 0 Å². The summed E-state index contributed by atoms with van der Waals surface area (Å²) < 4.78 is 15.8. The van der Waals surface area contributed by atoms with Crippen LogP contribution < -0.4 is 5.73 Å². The zero-order valence-electron chi connectivity index (χ0n) is 10.8. The molecule has 2 aromatic rings. The molecule has 1 atom stereocenters. The minimum Gasteiger partial charge on any atom is -0.327 e. The Morgan fingerprint density at radius 1 is 1.37 bits per heavy atom. The first-order valence-electron chi connectivity index (χ1n) is 6.28. The Labute approximate surface area is 120 Å². The maximum atomic E-state index is 13.3. The minimum absolute atomic E-state index is 0.168. The number of nitrogens with zero attached hydrogens (tertiary/aromatic N) is 2. The fourth-order valence-electron chi connectivity index (χ4n) is 1.93. The first-order chi connectivity index (χ1) is 9.06. The van der Waals surface area contributed by atoms with E-state index in [1.165, 1.54) is 12.1 Å². The van der Waals surface area contributed by atoms with Crippen molar-refractivity contribution in [3.05, 3.63) is 52.0 Å². The number of rotatable bonds is 5. The molecule has 0 bridgehead atoms. The second-order valence-corrected chi connectivity index (χ2v) is 5.61. The Hall–Kier alpha value is -1.20. The van der Waals surface area contributed by atoms with E-state index in [1.807, 2.05) is 18.5 Å². The number of benzene rings is 1. The Balaban J connectivity index is 2.07. The lowest BCUT2D eigenvalue weighted by Crippen LogP contribution is -2.21. The molecule has 0 saturated carbocycles. The van der Waals surface area contributed by atoms with Gasteiger partial charge < -0.3 is 5.73 Å². The fraction of sp³-hybridized carbons (Fsp3) is 0.357. The normalized spacial score (nSPS) is 12.6. The molecule has 1 aromatic heterocycles. The van der Waals surface area contributed by atoms with Gasteiger partial charge in [0, 0.05) is 16.7 Å². The topological polar surface area (TPSA) is 43.8 Å². The molecule has 0 fully saturated rings. The van der Waals surface area contributed by atoms with Crippen molar-refractivity contribution < 1.29 is 4.39 Å². The first kappa shape index (κ1) is 14.2. The van der Waals surface area contributed by atoms with E-state index in [4.69, 9.17) is 5.73 Å². The van der Waals surface area contributed by atoms with E-state index in [9.17, 15) is 4.39 Å². The smallest absolute Gasteiger partial charge is 0.124 e. The van der Waals surface area contributed by atoms with E-state index < -0.39 is 0 Å². The third-order valence-corrected chi connectivity index (χ3v) is 3.43. The monoisotopic (exact) mass is 325 g/mol. The van der Waals surface area contributed by atoms with Crippen LogP contribution in [0.5, 0.6) is 0 Å². The van der Waals surface area contributed by atoms with E-state index >= 15 is 0 Å². The summed E-state index contributed by atoms with van der Waals surface area (Å²) in [6.07, 6.45) is 5.56. The number of hydrogen-bond donors (Lipinski definition) is 1. The third kappa shape index (κ3) is 4.14. The molecule has 1 unspecified atom stereocenters. The highest BCUT2D eigenvalue weighted by atomic mass is 79.9. The molecule has 0 radical (unpaired) electrons. The molecule has 0 aliphatic rings.